The fraction of sp³-hybridized carbons (Fsp3) is 0.333. The van der Waals surface area contributed by atoms with Crippen LogP contribution in [0.1, 0.15) is 12.8 Å². The average Bonchev–Trinajstić information content (AvgIpc) is 2.44. The molecule has 0 heterocycles. The molecule has 0 bridgehead atoms. The van der Waals surface area contributed by atoms with Crippen LogP contribution in [0.5, 0.6) is 5.75 Å². The summed E-state index contributed by atoms with van der Waals surface area (Å²) in [7, 11) is 1.56. The van der Waals surface area contributed by atoms with E-state index in [1.165, 1.54) is 0 Å². The molecule has 0 saturated carbocycles. The van der Waals surface area contributed by atoms with Gasteiger partial charge in [-0.15, -0.1) is 10.1 Å². The minimum Gasteiger partial charge on any atom is -0.497 e. The van der Waals surface area contributed by atoms with E-state index in [1.807, 2.05) is 0 Å². The smallest absolute Gasteiger partial charge is 0.409 e. The second-order valence-electron chi connectivity index (χ2n) is 3.52. The molecule has 1 amide bonds. The molecule has 9 nitrogen and oxygen atoms in total. The number of ether oxygens (including phenoxy) is 1. The number of anilines is 1. The molecule has 0 spiro atoms. The maximum Gasteiger partial charge on any atom is 0.409 e. The third-order valence-corrected chi connectivity index (χ3v) is 2.00. The van der Waals surface area contributed by atoms with E-state index < -0.39 is 11.2 Å². The van der Waals surface area contributed by atoms with Crippen LogP contribution in [0.25, 0.3) is 0 Å². The number of aldehydes is 1. The first kappa shape index (κ1) is 18.2. The first-order chi connectivity index (χ1) is 9.99. The van der Waals surface area contributed by atoms with Crippen molar-refractivity contribution in [2.45, 2.75) is 12.8 Å². The summed E-state index contributed by atoms with van der Waals surface area (Å²) in [6, 6.07) is 6.64. The fourth-order valence-electron chi connectivity index (χ4n) is 1.10. The van der Waals surface area contributed by atoms with Crippen LogP contribution in [-0.2, 0) is 9.63 Å². The van der Waals surface area contributed by atoms with Crippen LogP contribution in [0.15, 0.2) is 24.3 Å². The number of hydrogen-bond donors (Lipinski definition) is 2. The van der Waals surface area contributed by atoms with E-state index in [1.54, 1.807) is 31.4 Å². The van der Waals surface area contributed by atoms with Gasteiger partial charge in [0.25, 0.3) is 5.09 Å². The van der Waals surface area contributed by atoms with Gasteiger partial charge in [0.05, 0.1) is 13.7 Å². The van der Waals surface area contributed by atoms with Crippen molar-refractivity contribution in [3.8, 4) is 5.75 Å². The van der Waals surface area contributed by atoms with E-state index in [2.05, 4.69) is 10.2 Å². The van der Waals surface area contributed by atoms with Gasteiger partial charge in [-0.05, 0) is 30.7 Å². The van der Waals surface area contributed by atoms with Gasteiger partial charge >= 0.3 is 6.09 Å². The molecule has 1 rings (SSSR count). The van der Waals surface area contributed by atoms with Gasteiger partial charge in [-0.2, -0.15) is 0 Å². The summed E-state index contributed by atoms with van der Waals surface area (Å²) < 4.78 is 4.90. The number of rotatable bonds is 7. The Morgan fingerprint density at radius 2 is 2.05 bits per heavy atom. The van der Waals surface area contributed by atoms with Crippen molar-refractivity contribution in [3.63, 3.8) is 0 Å². The topological polar surface area (TPSA) is 128 Å². The van der Waals surface area contributed by atoms with E-state index in [4.69, 9.17) is 9.84 Å². The Morgan fingerprint density at radius 3 is 2.48 bits per heavy atom. The summed E-state index contributed by atoms with van der Waals surface area (Å²) in [6.45, 7) is 0.00569. The summed E-state index contributed by atoms with van der Waals surface area (Å²) in [4.78, 5) is 33.2. The number of unbranched alkanes of at least 4 members (excludes halogenated alkanes) is 1. The maximum absolute atomic E-state index is 10.2. The number of hydrogen-bond acceptors (Lipinski definition) is 6. The molecule has 2 N–H and O–H groups in total. The summed E-state index contributed by atoms with van der Waals surface area (Å²) in [6.07, 6.45) is 0.349. The standard InChI is InChI=1S/C8H9NO3.C4H7NO4/c1-12-7-4-2-6(3-5-7)9-8(10)11;6-3-1-2-4-9-5(7)8/h2-5,9H,1H3,(H,10,11);3H,1-2,4H2. The van der Waals surface area contributed by atoms with Crippen LogP contribution in [-0.4, -0.2) is 36.3 Å². The fourth-order valence-corrected chi connectivity index (χ4v) is 1.10. The third-order valence-electron chi connectivity index (χ3n) is 2.00. The zero-order valence-electron chi connectivity index (χ0n) is 11.4. The molecule has 0 aliphatic heterocycles. The summed E-state index contributed by atoms with van der Waals surface area (Å²) >= 11 is 0. The van der Waals surface area contributed by atoms with Gasteiger partial charge in [-0.25, -0.2) is 4.79 Å². The lowest BCUT2D eigenvalue weighted by Crippen LogP contribution is -2.06. The highest BCUT2D eigenvalue weighted by molar-refractivity contribution is 5.82. The second kappa shape index (κ2) is 11.0. The quantitative estimate of drug-likeness (QED) is 0.341. The largest absolute Gasteiger partial charge is 0.497 e. The number of carbonyl (C=O) groups is 2. The summed E-state index contributed by atoms with van der Waals surface area (Å²) in [5.74, 6) is 0.700. The van der Waals surface area contributed by atoms with E-state index in [9.17, 15) is 19.7 Å². The van der Waals surface area contributed by atoms with Gasteiger partial charge in [0.1, 0.15) is 12.0 Å². The van der Waals surface area contributed by atoms with E-state index in [0.29, 0.717) is 30.6 Å². The maximum atomic E-state index is 10.2. The van der Waals surface area contributed by atoms with E-state index in [0.717, 1.165) is 0 Å². The molecule has 116 valence electrons. The van der Waals surface area contributed by atoms with Crippen molar-refractivity contribution in [2.24, 2.45) is 0 Å². The summed E-state index contributed by atoms with van der Waals surface area (Å²) in [5, 5.41) is 19.2. The van der Waals surface area contributed by atoms with Crippen molar-refractivity contribution in [3.05, 3.63) is 34.4 Å². The van der Waals surface area contributed by atoms with Gasteiger partial charge in [-0.1, -0.05) is 0 Å². The number of carbonyl (C=O) groups excluding carboxylic acids is 1. The van der Waals surface area contributed by atoms with Crippen LogP contribution in [0.4, 0.5) is 10.5 Å². The van der Waals surface area contributed by atoms with Crippen molar-refractivity contribution >= 4 is 18.1 Å². The average molecular weight is 300 g/mol. The van der Waals surface area contributed by atoms with Crippen LogP contribution in [0.2, 0.25) is 0 Å². The highest BCUT2D eigenvalue weighted by atomic mass is 16.9. The second-order valence-corrected chi connectivity index (χ2v) is 3.52. The molecule has 0 aromatic heterocycles. The van der Waals surface area contributed by atoms with E-state index >= 15 is 0 Å². The number of nitrogens with zero attached hydrogens (tertiary/aromatic N) is 1. The molecule has 0 fully saturated rings. The predicted octanol–water partition coefficient (Wildman–Crippen LogP) is 1.96. The number of benzene rings is 1. The Balaban J connectivity index is 0.000000400. The molecule has 0 atom stereocenters. The monoisotopic (exact) mass is 300 g/mol. The zero-order chi connectivity index (χ0) is 16.1. The molecular weight excluding hydrogens is 284 g/mol. The van der Waals surface area contributed by atoms with Crippen LogP contribution in [0.3, 0.4) is 0 Å². The van der Waals surface area contributed by atoms with Crippen molar-refractivity contribution in [2.75, 3.05) is 19.0 Å². The van der Waals surface area contributed by atoms with E-state index in [-0.39, 0.29) is 6.61 Å². The first-order valence-corrected chi connectivity index (χ1v) is 5.84. The first-order valence-electron chi connectivity index (χ1n) is 5.84. The van der Waals surface area contributed by atoms with Crippen molar-refractivity contribution in [1.82, 2.24) is 0 Å². The van der Waals surface area contributed by atoms with Crippen molar-refractivity contribution in [1.29, 1.82) is 0 Å². The number of nitrogens with one attached hydrogen (secondary N) is 1. The molecule has 0 saturated heterocycles. The Labute approximate surface area is 120 Å². The number of carboxylic acid groups (broad SMARTS) is 1. The normalized spacial score (nSPS) is 8.81. The number of methoxy groups -OCH3 is 1. The third kappa shape index (κ3) is 10.7. The Kier molecular flexibility index (Phi) is 9.53. The lowest BCUT2D eigenvalue weighted by molar-refractivity contribution is -0.757. The van der Waals surface area contributed by atoms with Gasteiger partial charge < -0.3 is 19.5 Å². The SMILES string of the molecule is COc1ccc(NC(=O)O)cc1.O=CCCCO[N+](=O)[O-]. The zero-order valence-corrected chi connectivity index (χ0v) is 11.4. The Morgan fingerprint density at radius 1 is 1.43 bits per heavy atom. The molecule has 1 aromatic rings. The molecule has 0 radical (unpaired) electrons. The Bertz CT molecular complexity index is 447. The van der Waals surface area contributed by atoms with Gasteiger partial charge in [-0.3, -0.25) is 5.32 Å². The minimum absolute atomic E-state index is 0.00569. The van der Waals surface area contributed by atoms with Crippen LogP contribution in [0, 0.1) is 10.1 Å². The highest BCUT2D eigenvalue weighted by Gasteiger charge is 1.96. The van der Waals surface area contributed by atoms with Crippen LogP contribution >= 0.6 is 0 Å². The molecule has 1 aromatic carbocycles. The molecule has 21 heavy (non-hydrogen) atoms. The van der Waals surface area contributed by atoms with Crippen molar-refractivity contribution < 1.29 is 29.4 Å². The lowest BCUT2D eigenvalue weighted by atomic mass is 10.3. The predicted molar refractivity (Wildman–Crippen MR) is 72.9 cm³/mol. The molecule has 0 unspecified atom stereocenters. The lowest BCUT2D eigenvalue weighted by Gasteiger charge is -2.01. The molecule has 9 heteroatoms. The van der Waals surface area contributed by atoms with Crippen LogP contribution < -0.4 is 10.1 Å². The molecule has 0 aliphatic rings. The number of amides is 1. The van der Waals surface area contributed by atoms with Gasteiger partial charge in [0.15, 0.2) is 0 Å². The highest BCUT2D eigenvalue weighted by Crippen LogP contribution is 2.14. The Hall–Kier alpha value is -2.84. The molecule has 0 aliphatic carbocycles. The minimum atomic E-state index is -1.07. The summed E-state index contributed by atoms with van der Waals surface area (Å²) in [5.41, 5.74) is 0.531. The van der Waals surface area contributed by atoms with Gasteiger partial charge in [0.2, 0.25) is 0 Å². The van der Waals surface area contributed by atoms with Gasteiger partial charge in [0, 0.05) is 12.1 Å². The molecular formula is C12H16N2O7.